The summed E-state index contributed by atoms with van der Waals surface area (Å²) in [5.41, 5.74) is 1.84. The van der Waals surface area contributed by atoms with Gasteiger partial charge in [0.2, 0.25) is 0 Å². The second kappa shape index (κ2) is 2.12. The van der Waals surface area contributed by atoms with Crippen LogP contribution in [0.25, 0.3) is 0 Å². The smallest absolute Gasteiger partial charge is 0.0169 e. The van der Waals surface area contributed by atoms with Crippen molar-refractivity contribution >= 4 is 0 Å². The first-order valence-corrected chi connectivity index (χ1v) is 5.12. The van der Waals surface area contributed by atoms with E-state index >= 15 is 0 Å². The minimum Gasteiger partial charge on any atom is -0.0847 e. The van der Waals surface area contributed by atoms with Gasteiger partial charge >= 0.3 is 0 Å². The molecule has 0 N–H and O–H groups in total. The van der Waals surface area contributed by atoms with Crippen LogP contribution in [0, 0.1) is 17.8 Å². The topological polar surface area (TPSA) is 0 Å². The minimum atomic E-state index is 1.08. The Labute approximate surface area is 68.7 Å². The Bertz CT molecular complexity index is 198. The molecule has 60 valence electrons. The van der Waals surface area contributed by atoms with Crippen molar-refractivity contribution in [3.8, 4) is 0 Å². The predicted molar refractivity (Wildman–Crippen MR) is 46.3 cm³/mol. The van der Waals surface area contributed by atoms with Crippen molar-refractivity contribution in [2.75, 3.05) is 0 Å². The first-order valence-electron chi connectivity index (χ1n) is 5.12. The molecule has 0 nitrogen and oxygen atoms in total. The van der Waals surface area contributed by atoms with E-state index in [1.165, 1.54) is 38.5 Å². The molecule has 0 bridgehead atoms. The van der Waals surface area contributed by atoms with Gasteiger partial charge in [0.15, 0.2) is 0 Å². The van der Waals surface area contributed by atoms with Gasteiger partial charge in [-0.1, -0.05) is 24.5 Å². The van der Waals surface area contributed by atoms with E-state index in [-0.39, 0.29) is 0 Å². The number of hydrogen-bond donors (Lipinski definition) is 0. The van der Waals surface area contributed by atoms with E-state index in [1.54, 1.807) is 0 Å². The largest absolute Gasteiger partial charge is 0.0847 e. The zero-order valence-corrected chi connectivity index (χ0v) is 7.05. The van der Waals surface area contributed by atoms with E-state index in [4.69, 9.17) is 0 Å². The van der Waals surface area contributed by atoms with Crippen molar-refractivity contribution in [2.45, 2.75) is 38.5 Å². The number of fused-ring (bicyclic) bond motifs is 1. The summed E-state index contributed by atoms with van der Waals surface area (Å²) < 4.78 is 0. The fraction of sp³-hybridized carbons (Fsp3) is 0.818. The fourth-order valence-corrected chi connectivity index (χ4v) is 2.48. The summed E-state index contributed by atoms with van der Waals surface area (Å²) in [4.78, 5) is 0. The van der Waals surface area contributed by atoms with E-state index in [1.807, 2.05) is 5.57 Å². The average Bonchev–Trinajstić information content (AvgIpc) is 2.89. The van der Waals surface area contributed by atoms with E-state index in [0.717, 1.165) is 17.8 Å². The molecule has 0 aliphatic heterocycles. The zero-order chi connectivity index (χ0) is 7.26. The molecule has 0 radical (unpaired) electrons. The van der Waals surface area contributed by atoms with Crippen molar-refractivity contribution in [3.63, 3.8) is 0 Å². The molecule has 0 aromatic heterocycles. The quantitative estimate of drug-likeness (QED) is 0.539. The Morgan fingerprint density at radius 1 is 1.36 bits per heavy atom. The molecule has 0 aromatic rings. The highest BCUT2D eigenvalue weighted by Crippen LogP contribution is 2.53. The number of allylic oxidation sites excluding steroid dienone is 2. The van der Waals surface area contributed by atoms with Crippen LogP contribution in [0.1, 0.15) is 38.5 Å². The maximum Gasteiger partial charge on any atom is -0.0169 e. The summed E-state index contributed by atoms with van der Waals surface area (Å²) >= 11 is 0. The van der Waals surface area contributed by atoms with Gasteiger partial charge in [-0.15, -0.1) is 0 Å². The lowest BCUT2D eigenvalue weighted by Gasteiger charge is -2.00. The summed E-state index contributed by atoms with van der Waals surface area (Å²) in [6.07, 6.45) is 11.5. The van der Waals surface area contributed by atoms with Crippen LogP contribution >= 0.6 is 0 Å². The van der Waals surface area contributed by atoms with Crippen LogP contribution in [0.4, 0.5) is 0 Å². The SMILES string of the molecule is C1=C(CCC2CC2)C2CC2C1. The zero-order valence-electron chi connectivity index (χ0n) is 7.05. The normalized spacial score (nSPS) is 40.2. The molecule has 0 saturated heterocycles. The molecule has 0 heterocycles. The first-order chi connectivity index (χ1) is 5.43. The van der Waals surface area contributed by atoms with Crippen molar-refractivity contribution in [1.82, 2.24) is 0 Å². The third-order valence-corrected chi connectivity index (χ3v) is 3.62. The molecule has 0 heteroatoms. The van der Waals surface area contributed by atoms with Crippen LogP contribution in [0.5, 0.6) is 0 Å². The highest BCUT2D eigenvalue weighted by atomic mass is 14.5. The Balaban J connectivity index is 1.53. The van der Waals surface area contributed by atoms with Gasteiger partial charge in [0.25, 0.3) is 0 Å². The lowest BCUT2D eigenvalue weighted by Crippen LogP contribution is -1.85. The van der Waals surface area contributed by atoms with Crippen LogP contribution < -0.4 is 0 Å². The molecule has 0 aromatic carbocycles. The van der Waals surface area contributed by atoms with Crippen LogP contribution in [-0.4, -0.2) is 0 Å². The maximum absolute atomic E-state index is 2.53. The van der Waals surface area contributed by atoms with Gasteiger partial charge in [0, 0.05) is 0 Å². The molecule has 2 saturated carbocycles. The monoisotopic (exact) mass is 148 g/mol. The second-order valence-corrected chi connectivity index (χ2v) is 4.60. The fourth-order valence-electron chi connectivity index (χ4n) is 2.48. The molecule has 2 unspecified atom stereocenters. The summed E-state index contributed by atoms with van der Waals surface area (Å²) in [5.74, 6) is 3.33. The minimum absolute atomic E-state index is 1.08. The molecule has 0 spiro atoms. The molecular formula is C11H16. The Morgan fingerprint density at radius 2 is 2.27 bits per heavy atom. The third kappa shape index (κ3) is 1.13. The van der Waals surface area contributed by atoms with Crippen LogP contribution in [0.15, 0.2) is 11.6 Å². The second-order valence-electron chi connectivity index (χ2n) is 4.60. The lowest BCUT2D eigenvalue weighted by atomic mass is 10.1. The van der Waals surface area contributed by atoms with Gasteiger partial charge < -0.3 is 0 Å². The molecule has 3 aliphatic rings. The van der Waals surface area contributed by atoms with Crippen molar-refractivity contribution in [1.29, 1.82) is 0 Å². The van der Waals surface area contributed by atoms with Crippen LogP contribution in [0.3, 0.4) is 0 Å². The van der Waals surface area contributed by atoms with Gasteiger partial charge in [-0.2, -0.15) is 0 Å². The van der Waals surface area contributed by atoms with Crippen molar-refractivity contribution in [3.05, 3.63) is 11.6 Å². The number of hydrogen-bond acceptors (Lipinski definition) is 0. The van der Waals surface area contributed by atoms with E-state index in [9.17, 15) is 0 Å². The summed E-state index contributed by atoms with van der Waals surface area (Å²) in [6, 6.07) is 0. The van der Waals surface area contributed by atoms with E-state index in [2.05, 4.69) is 6.08 Å². The Morgan fingerprint density at radius 3 is 2.82 bits per heavy atom. The van der Waals surface area contributed by atoms with Crippen molar-refractivity contribution in [2.24, 2.45) is 17.8 Å². The van der Waals surface area contributed by atoms with Gasteiger partial charge in [0.1, 0.15) is 0 Å². The molecule has 11 heavy (non-hydrogen) atoms. The third-order valence-electron chi connectivity index (χ3n) is 3.62. The van der Waals surface area contributed by atoms with E-state index < -0.39 is 0 Å². The molecule has 2 fully saturated rings. The maximum atomic E-state index is 2.53. The summed E-state index contributed by atoms with van der Waals surface area (Å²) in [6.45, 7) is 0. The number of rotatable bonds is 3. The van der Waals surface area contributed by atoms with Gasteiger partial charge in [0.05, 0.1) is 0 Å². The predicted octanol–water partition coefficient (Wildman–Crippen LogP) is 3.14. The molecule has 0 amide bonds. The van der Waals surface area contributed by atoms with Crippen LogP contribution in [0.2, 0.25) is 0 Å². The lowest BCUT2D eigenvalue weighted by molar-refractivity contribution is 0.694. The van der Waals surface area contributed by atoms with Crippen molar-refractivity contribution < 1.29 is 0 Å². The summed E-state index contributed by atoms with van der Waals surface area (Å²) in [5, 5.41) is 0. The van der Waals surface area contributed by atoms with Gasteiger partial charge in [-0.3, -0.25) is 0 Å². The first kappa shape index (κ1) is 6.28. The van der Waals surface area contributed by atoms with Crippen LogP contribution in [-0.2, 0) is 0 Å². The Hall–Kier alpha value is -0.260. The average molecular weight is 148 g/mol. The Kier molecular flexibility index (Phi) is 1.21. The summed E-state index contributed by atoms with van der Waals surface area (Å²) in [7, 11) is 0. The standard InChI is InChI=1S/C11H16/c1-2-8(1)3-4-9-5-6-10-7-11(9)10/h5,8,10-11H,1-4,6-7H2. The van der Waals surface area contributed by atoms with E-state index in [0.29, 0.717) is 0 Å². The molecule has 3 rings (SSSR count). The highest BCUT2D eigenvalue weighted by molar-refractivity contribution is 5.23. The highest BCUT2D eigenvalue weighted by Gasteiger charge is 2.42. The molecular weight excluding hydrogens is 132 g/mol. The van der Waals surface area contributed by atoms with Gasteiger partial charge in [-0.05, 0) is 43.4 Å². The molecule has 3 aliphatic carbocycles. The molecule has 2 atom stereocenters. The van der Waals surface area contributed by atoms with Gasteiger partial charge in [-0.25, -0.2) is 0 Å².